The molecule has 2 aromatic carbocycles. The Morgan fingerprint density at radius 2 is 1.54 bits per heavy atom. The number of carboxylic acid groups (broad SMARTS) is 1. The molecule has 3 aliphatic rings. The number of ether oxygens (including phenoxy) is 1. The predicted octanol–water partition coefficient (Wildman–Crippen LogP) is 4.31. The molecule has 2 saturated carbocycles. The van der Waals surface area contributed by atoms with Gasteiger partial charge >= 0.3 is 12.1 Å². The molecule has 3 N–H and O–H groups in total. The van der Waals surface area contributed by atoms with Crippen LogP contribution in [-0.2, 0) is 14.3 Å². The molecule has 2 atom stereocenters. The Hall–Kier alpha value is -3.35. The minimum atomic E-state index is -0.751. The SMILES string of the molecule is O=C(O)CC1CC(CNC(=O)[C@H]2CC[C@@H](NC(=O)OCC3c4ccccc4-c4ccccc43)C2)C1. The van der Waals surface area contributed by atoms with Gasteiger partial charge in [-0.15, -0.1) is 0 Å². The zero-order valence-electron chi connectivity index (χ0n) is 19.7. The summed E-state index contributed by atoms with van der Waals surface area (Å²) in [5.41, 5.74) is 4.75. The van der Waals surface area contributed by atoms with E-state index in [9.17, 15) is 14.4 Å². The summed E-state index contributed by atoms with van der Waals surface area (Å²) >= 11 is 0. The summed E-state index contributed by atoms with van der Waals surface area (Å²) in [5, 5.41) is 14.8. The van der Waals surface area contributed by atoms with Crippen molar-refractivity contribution in [2.24, 2.45) is 17.8 Å². The Bertz CT molecular complexity index is 1060. The number of hydrogen-bond acceptors (Lipinski definition) is 4. The van der Waals surface area contributed by atoms with Crippen LogP contribution in [0.25, 0.3) is 11.1 Å². The van der Waals surface area contributed by atoms with Gasteiger partial charge in [-0.2, -0.15) is 0 Å². The van der Waals surface area contributed by atoms with Gasteiger partial charge < -0.3 is 20.5 Å². The number of carbonyl (C=O) groups is 3. The van der Waals surface area contributed by atoms with E-state index in [4.69, 9.17) is 9.84 Å². The number of carbonyl (C=O) groups excluding carboxylic acids is 2. The third-order valence-corrected chi connectivity index (χ3v) is 7.83. The highest BCUT2D eigenvalue weighted by atomic mass is 16.5. The number of carboxylic acids is 1. The summed E-state index contributed by atoms with van der Waals surface area (Å²) in [6.45, 7) is 0.886. The lowest BCUT2D eigenvalue weighted by atomic mass is 9.73. The van der Waals surface area contributed by atoms with Crippen molar-refractivity contribution in [1.29, 1.82) is 0 Å². The molecule has 0 radical (unpaired) electrons. The minimum absolute atomic E-state index is 0.0249. The Morgan fingerprint density at radius 1 is 0.886 bits per heavy atom. The van der Waals surface area contributed by atoms with Gasteiger partial charge in [-0.25, -0.2) is 4.79 Å². The molecule has 7 nitrogen and oxygen atoms in total. The quantitative estimate of drug-likeness (QED) is 0.527. The summed E-state index contributed by atoms with van der Waals surface area (Å²) in [6.07, 6.45) is 3.63. The summed E-state index contributed by atoms with van der Waals surface area (Å²) in [4.78, 5) is 35.9. The van der Waals surface area contributed by atoms with Gasteiger partial charge in [0.2, 0.25) is 5.91 Å². The number of amides is 2. The molecule has 184 valence electrons. The second kappa shape index (κ2) is 10.1. The monoisotopic (exact) mass is 476 g/mol. The first kappa shape index (κ1) is 23.4. The lowest BCUT2D eigenvalue weighted by Gasteiger charge is -2.34. The van der Waals surface area contributed by atoms with Crippen LogP contribution < -0.4 is 10.6 Å². The number of fused-ring (bicyclic) bond motifs is 3. The minimum Gasteiger partial charge on any atom is -0.481 e. The molecule has 35 heavy (non-hydrogen) atoms. The fraction of sp³-hybridized carbons (Fsp3) is 0.464. The normalized spacial score (nSPS) is 24.7. The van der Waals surface area contributed by atoms with E-state index < -0.39 is 12.1 Å². The van der Waals surface area contributed by atoms with Crippen LogP contribution in [0.3, 0.4) is 0 Å². The van der Waals surface area contributed by atoms with Crippen LogP contribution in [0.4, 0.5) is 4.79 Å². The Morgan fingerprint density at radius 3 is 2.20 bits per heavy atom. The molecule has 0 saturated heterocycles. The molecule has 3 aliphatic carbocycles. The number of benzene rings is 2. The summed E-state index contributed by atoms with van der Waals surface area (Å²) in [7, 11) is 0. The van der Waals surface area contributed by atoms with Crippen LogP contribution in [0, 0.1) is 17.8 Å². The maximum atomic E-state index is 12.6. The second-order valence-electron chi connectivity index (χ2n) is 10.2. The van der Waals surface area contributed by atoms with Gasteiger partial charge in [-0.1, -0.05) is 48.5 Å². The Balaban J connectivity index is 1.05. The average Bonchev–Trinajstić information content (AvgIpc) is 3.41. The van der Waals surface area contributed by atoms with Crippen LogP contribution in [0.5, 0.6) is 0 Å². The van der Waals surface area contributed by atoms with Gasteiger partial charge in [-0.05, 0) is 66.2 Å². The van der Waals surface area contributed by atoms with Crippen LogP contribution in [0.15, 0.2) is 48.5 Å². The predicted molar refractivity (Wildman–Crippen MR) is 131 cm³/mol. The number of nitrogens with one attached hydrogen (secondary N) is 2. The van der Waals surface area contributed by atoms with E-state index in [-0.39, 0.29) is 42.7 Å². The maximum absolute atomic E-state index is 12.6. The van der Waals surface area contributed by atoms with E-state index in [1.807, 2.05) is 24.3 Å². The first-order valence-electron chi connectivity index (χ1n) is 12.6. The third-order valence-electron chi connectivity index (χ3n) is 7.83. The first-order chi connectivity index (χ1) is 17.0. The highest BCUT2D eigenvalue weighted by molar-refractivity contribution is 5.80. The van der Waals surface area contributed by atoms with Crippen molar-refractivity contribution in [3.05, 3.63) is 59.7 Å². The van der Waals surface area contributed by atoms with Gasteiger partial charge in [-0.3, -0.25) is 9.59 Å². The van der Waals surface area contributed by atoms with Crippen LogP contribution in [0.2, 0.25) is 0 Å². The zero-order chi connectivity index (χ0) is 24.4. The molecule has 2 aromatic rings. The molecule has 7 heteroatoms. The van der Waals surface area contributed by atoms with Gasteiger partial charge in [0, 0.05) is 30.8 Å². The maximum Gasteiger partial charge on any atom is 0.407 e. The third kappa shape index (κ3) is 5.19. The molecule has 0 aromatic heterocycles. The highest BCUT2D eigenvalue weighted by Crippen LogP contribution is 2.44. The highest BCUT2D eigenvalue weighted by Gasteiger charge is 2.34. The van der Waals surface area contributed by atoms with Crippen LogP contribution in [-0.4, -0.2) is 42.3 Å². The topological polar surface area (TPSA) is 105 Å². The Kier molecular flexibility index (Phi) is 6.75. The summed E-state index contributed by atoms with van der Waals surface area (Å²) in [6, 6.07) is 16.4. The number of rotatable bonds is 8. The lowest BCUT2D eigenvalue weighted by molar-refractivity contribution is -0.139. The van der Waals surface area contributed by atoms with E-state index in [0.717, 1.165) is 25.7 Å². The lowest BCUT2D eigenvalue weighted by Crippen LogP contribution is -2.39. The van der Waals surface area contributed by atoms with Gasteiger partial charge in [0.1, 0.15) is 6.61 Å². The fourth-order valence-corrected chi connectivity index (χ4v) is 6.00. The van der Waals surface area contributed by atoms with Crippen molar-refractivity contribution >= 4 is 18.0 Å². The largest absolute Gasteiger partial charge is 0.481 e. The van der Waals surface area contributed by atoms with E-state index in [0.29, 0.717) is 18.9 Å². The molecule has 5 rings (SSSR count). The number of aliphatic carboxylic acids is 1. The van der Waals surface area contributed by atoms with Gasteiger partial charge in [0.15, 0.2) is 0 Å². The number of hydrogen-bond donors (Lipinski definition) is 3. The van der Waals surface area contributed by atoms with Crippen molar-refractivity contribution in [2.75, 3.05) is 13.2 Å². The standard InChI is InChI=1S/C28H32N2O5/c31-26(32)13-17-11-18(12-17)15-29-27(33)19-9-10-20(14-19)30-28(34)35-16-25-23-7-3-1-5-21(23)22-6-2-4-8-24(22)25/h1-8,17-20,25H,9-16H2,(H,29,33)(H,30,34)(H,31,32)/t17?,18?,19-,20+/m0/s1. The molecule has 2 fully saturated rings. The van der Waals surface area contributed by atoms with Crippen molar-refractivity contribution in [3.63, 3.8) is 0 Å². The van der Waals surface area contributed by atoms with Crippen LogP contribution in [0.1, 0.15) is 55.6 Å². The molecule has 2 amide bonds. The summed E-state index contributed by atoms with van der Waals surface area (Å²) < 4.78 is 5.64. The molecule has 0 unspecified atom stereocenters. The fourth-order valence-electron chi connectivity index (χ4n) is 6.00. The molecule has 0 heterocycles. The van der Waals surface area contributed by atoms with Gasteiger partial charge in [0.25, 0.3) is 0 Å². The van der Waals surface area contributed by atoms with Crippen molar-refractivity contribution in [3.8, 4) is 11.1 Å². The van der Waals surface area contributed by atoms with E-state index in [2.05, 4.69) is 34.9 Å². The molecule has 0 aliphatic heterocycles. The van der Waals surface area contributed by atoms with Gasteiger partial charge in [0.05, 0.1) is 0 Å². The smallest absolute Gasteiger partial charge is 0.407 e. The van der Waals surface area contributed by atoms with Crippen molar-refractivity contribution in [2.45, 2.75) is 50.5 Å². The first-order valence-corrected chi connectivity index (χ1v) is 12.6. The molecular weight excluding hydrogens is 444 g/mol. The van der Waals surface area contributed by atoms with Crippen molar-refractivity contribution < 1.29 is 24.2 Å². The number of alkyl carbamates (subject to hydrolysis) is 1. The average molecular weight is 477 g/mol. The van der Waals surface area contributed by atoms with E-state index in [1.54, 1.807) is 0 Å². The van der Waals surface area contributed by atoms with Crippen LogP contribution >= 0.6 is 0 Å². The molecule has 0 spiro atoms. The van der Waals surface area contributed by atoms with E-state index in [1.165, 1.54) is 22.3 Å². The van der Waals surface area contributed by atoms with E-state index >= 15 is 0 Å². The zero-order valence-corrected chi connectivity index (χ0v) is 19.7. The second-order valence-corrected chi connectivity index (χ2v) is 10.2. The molecular formula is C28H32N2O5. The summed E-state index contributed by atoms with van der Waals surface area (Å²) in [5.74, 6) is -0.186. The van der Waals surface area contributed by atoms with Crippen molar-refractivity contribution in [1.82, 2.24) is 10.6 Å². The Labute approximate surface area is 205 Å². The molecule has 0 bridgehead atoms.